The third kappa shape index (κ3) is 2.51. The molecule has 1 aromatic heterocycles. The predicted octanol–water partition coefficient (Wildman–Crippen LogP) is 1.72. The lowest BCUT2D eigenvalue weighted by Gasteiger charge is -2.10. The second-order valence-corrected chi connectivity index (χ2v) is 5.03. The van der Waals surface area contributed by atoms with Crippen LogP contribution < -0.4 is 5.32 Å². The first-order chi connectivity index (χ1) is 8.59. The number of carbonyl (C=O) groups is 2. The average Bonchev–Trinajstić information content (AvgIpc) is 2.79. The fourth-order valence-electron chi connectivity index (χ4n) is 1.56. The van der Waals surface area contributed by atoms with Crippen LogP contribution in [0, 0.1) is 0 Å². The van der Waals surface area contributed by atoms with Gasteiger partial charge in [-0.1, -0.05) is 18.2 Å². The highest BCUT2D eigenvalue weighted by Crippen LogP contribution is 2.25. The van der Waals surface area contributed by atoms with E-state index >= 15 is 0 Å². The summed E-state index contributed by atoms with van der Waals surface area (Å²) in [5.41, 5.74) is 0.627. The van der Waals surface area contributed by atoms with Gasteiger partial charge in [0.05, 0.1) is 12.1 Å². The highest BCUT2D eigenvalue weighted by molar-refractivity contribution is 7.17. The molecular weight excluding hydrogens is 248 g/mol. The topological polar surface area (TPSA) is 49.4 Å². The highest BCUT2D eigenvalue weighted by atomic mass is 32.1. The Kier molecular flexibility index (Phi) is 3.62. The summed E-state index contributed by atoms with van der Waals surface area (Å²) in [7, 11) is 3.32. The van der Waals surface area contributed by atoms with E-state index in [0.717, 1.165) is 10.1 Å². The number of hydrogen-bond donors (Lipinski definition) is 1. The monoisotopic (exact) mass is 262 g/mol. The molecule has 2 aromatic rings. The van der Waals surface area contributed by atoms with Gasteiger partial charge < -0.3 is 10.2 Å². The molecule has 0 saturated carbocycles. The number of thiophene rings is 1. The molecule has 0 unspecified atom stereocenters. The van der Waals surface area contributed by atoms with Crippen LogP contribution >= 0.6 is 11.3 Å². The van der Waals surface area contributed by atoms with Gasteiger partial charge in [0.25, 0.3) is 5.91 Å². The van der Waals surface area contributed by atoms with E-state index in [1.807, 2.05) is 29.6 Å². The molecule has 18 heavy (non-hydrogen) atoms. The standard InChI is InChI=1S/C13H14N2O2S/c1-15(2)12(16)7-14-13(17)10-8-18-11-6-4-3-5-9(10)11/h3-6,8H,7H2,1-2H3,(H,14,17). The zero-order valence-electron chi connectivity index (χ0n) is 10.3. The van der Waals surface area contributed by atoms with Crippen molar-refractivity contribution in [3.05, 3.63) is 35.2 Å². The average molecular weight is 262 g/mol. The van der Waals surface area contributed by atoms with Gasteiger partial charge in [-0.05, 0) is 6.07 Å². The Bertz CT molecular complexity index is 589. The van der Waals surface area contributed by atoms with E-state index in [4.69, 9.17) is 0 Å². The van der Waals surface area contributed by atoms with Gasteiger partial charge in [0.1, 0.15) is 0 Å². The maximum absolute atomic E-state index is 12.0. The van der Waals surface area contributed by atoms with Gasteiger partial charge in [0.2, 0.25) is 5.91 Å². The van der Waals surface area contributed by atoms with E-state index < -0.39 is 0 Å². The molecule has 94 valence electrons. The molecule has 0 bridgehead atoms. The molecule has 0 spiro atoms. The molecule has 0 fully saturated rings. The van der Waals surface area contributed by atoms with Crippen molar-refractivity contribution < 1.29 is 9.59 Å². The highest BCUT2D eigenvalue weighted by Gasteiger charge is 2.13. The number of rotatable bonds is 3. The molecule has 0 radical (unpaired) electrons. The zero-order chi connectivity index (χ0) is 13.1. The number of hydrogen-bond acceptors (Lipinski definition) is 3. The summed E-state index contributed by atoms with van der Waals surface area (Å²) < 4.78 is 1.07. The Hall–Kier alpha value is -1.88. The van der Waals surface area contributed by atoms with E-state index in [0.29, 0.717) is 5.56 Å². The summed E-state index contributed by atoms with van der Waals surface area (Å²) in [6.45, 7) is 0.0238. The van der Waals surface area contributed by atoms with Gasteiger partial charge in [-0.2, -0.15) is 0 Å². The minimum absolute atomic E-state index is 0.0238. The molecule has 0 aliphatic rings. The first-order valence-corrected chi connectivity index (χ1v) is 6.42. The Balaban J connectivity index is 2.12. The summed E-state index contributed by atoms with van der Waals surface area (Å²) in [5.74, 6) is -0.328. The Morgan fingerprint density at radius 1 is 1.28 bits per heavy atom. The van der Waals surface area contributed by atoms with Crippen LogP contribution in [-0.2, 0) is 4.79 Å². The molecule has 1 heterocycles. The molecule has 0 saturated heterocycles. The van der Waals surface area contributed by atoms with Crippen molar-refractivity contribution in [2.75, 3.05) is 20.6 Å². The fraction of sp³-hybridized carbons (Fsp3) is 0.231. The Morgan fingerprint density at radius 3 is 2.72 bits per heavy atom. The largest absolute Gasteiger partial charge is 0.347 e. The Morgan fingerprint density at radius 2 is 2.00 bits per heavy atom. The van der Waals surface area contributed by atoms with Crippen LogP contribution in [-0.4, -0.2) is 37.4 Å². The van der Waals surface area contributed by atoms with E-state index in [-0.39, 0.29) is 18.4 Å². The number of carbonyl (C=O) groups excluding carboxylic acids is 2. The van der Waals surface area contributed by atoms with Crippen LogP contribution in [0.2, 0.25) is 0 Å². The maximum atomic E-state index is 12.0. The van der Waals surface area contributed by atoms with Crippen molar-refractivity contribution >= 4 is 33.2 Å². The van der Waals surface area contributed by atoms with Crippen LogP contribution in [0.1, 0.15) is 10.4 Å². The SMILES string of the molecule is CN(C)C(=O)CNC(=O)c1csc2ccccc12. The summed E-state index contributed by atoms with van der Waals surface area (Å²) in [6, 6.07) is 7.73. The van der Waals surface area contributed by atoms with Crippen LogP contribution in [0.15, 0.2) is 29.6 Å². The van der Waals surface area contributed by atoms with E-state index in [1.165, 1.54) is 16.2 Å². The van der Waals surface area contributed by atoms with Crippen LogP contribution in [0.25, 0.3) is 10.1 Å². The van der Waals surface area contributed by atoms with Crippen molar-refractivity contribution in [3.63, 3.8) is 0 Å². The van der Waals surface area contributed by atoms with Gasteiger partial charge in [0, 0.05) is 29.6 Å². The number of amides is 2. The van der Waals surface area contributed by atoms with Crippen molar-refractivity contribution in [1.82, 2.24) is 10.2 Å². The van der Waals surface area contributed by atoms with Crippen molar-refractivity contribution in [2.45, 2.75) is 0 Å². The minimum atomic E-state index is -0.206. The van der Waals surface area contributed by atoms with Crippen LogP contribution in [0.3, 0.4) is 0 Å². The molecule has 2 rings (SSSR count). The van der Waals surface area contributed by atoms with Crippen molar-refractivity contribution in [3.8, 4) is 0 Å². The lowest BCUT2D eigenvalue weighted by molar-refractivity contribution is -0.127. The molecule has 1 aromatic carbocycles. The van der Waals surface area contributed by atoms with E-state index in [2.05, 4.69) is 5.32 Å². The summed E-state index contributed by atoms with van der Waals surface area (Å²) >= 11 is 1.53. The normalized spacial score (nSPS) is 10.3. The summed E-state index contributed by atoms with van der Waals surface area (Å²) in [4.78, 5) is 24.8. The first-order valence-electron chi connectivity index (χ1n) is 5.54. The van der Waals surface area contributed by atoms with Gasteiger partial charge in [-0.25, -0.2) is 0 Å². The first kappa shape index (κ1) is 12.6. The molecule has 5 heteroatoms. The summed E-state index contributed by atoms with van der Waals surface area (Å²) in [5, 5.41) is 5.38. The van der Waals surface area contributed by atoms with Gasteiger partial charge in [-0.15, -0.1) is 11.3 Å². The summed E-state index contributed by atoms with van der Waals surface area (Å²) in [6.07, 6.45) is 0. The smallest absolute Gasteiger partial charge is 0.253 e. The molecule has 0 atom stereocenters. The maximum Gasteiger partial charge on any atom is 0.253 e. The third-order valence-corrected chi connectivity index (χ3v) is 3.59. The molecule has 2 amide bonds. The number of fused-ring (bicyclic) bond motifs is 1. The van der Waals surface area contributed by atoms with Crippen molar-refractivity contribution in [2.24, 2.45) is 0 Å². The third-order valence-electron chi connectivity index (χ3n) is 2.62. The molecule has 1 N–H and O–H groups in total. The lowest BCUT2D eigenvalue weighted by atomic mass is 10.1. The molecule has 4 nitrogen and oxygen atoms in total. The van der Waals surface area contributed by atoms with E-state index in [1.54, 1.807) is 14.1 Å². The van der Waals surface area contributed by atoms with Gasteiger partial charge >= 0.3 is 0 Å². The van der Waals surface area contributed by atoms with Crippen LogP contribution in [0.4, 0.5) is 0 Å². The van der Waals surface area contributed by atoms with Crippen molar-refractivity contribution in [1.29, 1.82) is 0 Å². The second-order valence-electron chi connectivity index (χ2n) is 4.12. The Labute approximate surface area is 109 Å². The van der Waals surface area contributed by atoms with Gasteiger partial charge in [-0.3, -0.25) is 9.59 Å². The quantitative estimate of drug-likeness (QED) is 0.915. The molecular formula is C13H14N2O2S. The van der Waals surface area contributed by atoms with Crippen LogP contribution in [0.5, 0.6) is 0 Å². The molecule has 0 aliphatic heterocycles. The minimum Gasteiger partial charge on any atom is -0.347 e. The molecule has 0 aliphatic carbocycles. The lowest BCUT2D eigenvalue weighted by Crippen LogP contribution is -2.36. The number of nitrogens with zero attached hydrogens (tertiary/aromatic N) is 1. The number of nitrogens with one attached hydrogen (secondary N) is 1. The predicted molar refractivity (Wildman–Crippen MR) is 72.9 cm³/mol. The van der Waals surface area contributed by atoms with E-state index in [9.17, 15) is 9.59 Å². The number of benzene rings is 1. The number of likely N-dealkylation sites (N-methyl/N-ethyl adjacent to an activating group) is 1. The second kappa shape index (κ2) is 5.18. The zero-order valence-corrected chi connectivity index (χ0v) is 11.1. The fourth-order valence-corrected chi connectivity index (χ4v) is 2.50. The van der Waals surface area contributed by atoms with Gasteiger partial charge in [0.15, 0.2) is 0 Å².